The van der Waals surface area contributed by atoms with Gasteiger partial charge in [-0.25, -0.2) is 0 Å². The van der Waals surface area contributed by atoms with Gasteiger partial charge in [-0.15, -0.1) is 10.2 Å². The topological polar surface area (TPSA) is 95.7 Å². The fourth-order valence-corrected chi connectivity index (χ4v) is 3.55. The number of ketones is 1. The summed E-state index contributed by atoms with van der Waals surface area (Å²) >= 11 is 1.36. The quantitative estimate of drug-likeness (QED) is 0.388. The van der Waals surface area contributed by atoms with Crippen molar-refractivity contribution < 1.29 is 24.1 Å². The summed E-state index contributed by atoms with van der Waals surface area (Å²) in [4.78, 5) is 11.5. The number of para-hydroxylation sites is 2. The standard InChI is InChI=1S/C21H23N3O5S/c1-14(25)15-8-9-19(20(10-15)28-3)29-11-16(26)12-30-21-23-22-13-24(21)17-6-4-5-7-18(17)27-2/h4-10,13,16,26H,11-12H2,1-3H3. The smallest absolute Gasteiger partial charge is 0.195 e. The van der Waals surface area contributed by atoms with Crippen LogP contribution in [0.2, 0.25) is 0 Å². The number of carbonyl (C=O) groups is 1. The summed E-state index contributed by atoms with van der Waals surface area (Å²) < 4.78 is 18.2. The van der Waals surface area contributed by atoms with Crippen LogP contribution in [0.25, 0.3) is 5.69 Å². The second-order valence-electron chi connectivity index (χ2n) is 6.35. The minimum Gasteiger partial charge on any atom is -0.495 e. The summed E-state index contributed by atoms with van der Waals surface area (Å²) in [7, 11) is 3.11. The summed E-state index contributed by atoms with van der Waals surface area (Å²) in [6, 6.07) is 12.5. The van der Waals surface area contributed by atoms with Crippen molar-refractivity contribution >= 4 is 17.5 Å². The number of rotatable bonds is 10. The lowest BCUT2D eigenvalue weighted by Gasteiger charge is -2.15. The Hall–Kier alpha value is -3.04. The van der Waals surface area contributed by atoms with Gasteiger partial charge < -0.3 is 19.3 Å². The Morgan fingerprint density at radius 3 is 2.63 bits per heavy atom. The molecule has 1 unspecified atom stereocenters. The van der Waals surface area contributed by atoms with E-state index in [9.17, 15) is 9.90 Å². The second kappa shape index (κ2) is 10.1. The highest BCUT2D eigenvalue weighted by Crippen LogP contribution is 2.29. The molecule has 0 saturated carbocycles. The lowest BCUT2D eigenvalue weighted by molar-refractivity contribution is 0.101. The van der Waals surface area contributed by atoms with Crippen molar-refractivity contribution in [3.63, 3.8) is 0 Å². The second-order valence-corrected chi connectivity index (χ2v) is 7.34. The molecule has 3 rings (SSSR count). The molecule has 0 bridgehead atoms. The van der Waals surface area contributed by atoms with Crippen molar-refractivity contribution in [1.82, 2.24) is 14.8 Å². The Labute approximate surface area is 178 Å². The van der Waals surface area contributed by atoms with Crippen molar-refractivity contribution in [3.8, 4) is 22.9 Å². The van der Waals surface area contributed by atoms with E-state index in [0.29, 0.717) is 33.7 Å². The number of aliphatic hydroxyl groups excluding tert-OH is 1. The van der Waals surface area contributed by atoms with E-state index in [1.165, 1.54) is 25.8 Å². The highest BCUT2D eigenvalue weighted by atomic mass is 32.2. The van der Waals surface area contributed by atoms with E-state index in [0.717, 1.165) is 5.69 Å². The first-order chi connectivity index (χ1) is 14.5. The number of Topliss-reactive ketones (excluding diaryl/α,β-unsaturated/α-hetero) is 1. The van der Waals surface area contributed by atoms with E-state index in [4.69, 9.17) is 14.2 Å². The minimum atomic E-state index is -0.755. The van der Waals surface area contributed by atoms with Gasteiger partial charge in [0.25, 0.3) is 0 Å². The molecule has 0 aliphatic rings. The molecule has 1 N–H and O–H groups in total. The Kier molecular flexibility index (Phi) is 7.31. The van der Waals surface area contributed by atoms with Crippen LogP contribution in [0.4, 0.5) is 0 Å². The molecule has 1 atom stereocenters. The maximum absolute atomic E-state index is 11.5. The summed E-state index contributed by atoms with van der Waals surface area (Å²) in [6.07, 6.45) is 0.847. The first-order valence-electron chi connectivity index (χ1n) is 9.19. The van der Waals surface area contributed by atoms with Crippen molar-refractivity contribution in [2.24, 2.45) is 0 Å². The first kappa shape index (κ1) is 21.7. The normalized spacial score (nSPS) is 11.7. The average molecular weight is 429 g/mol. The summed E-state index contributed by atoms with van der Waals surface area (Å²) in [5.41, 5.74) is 1.35. The Morgan fingerprint density at radius 2 is 1.90 bits per heavy atom. The lowest BCUT2D eigenvalue weighted by Crippen LogP contribution is -2.20. The number of methoxy groups -OCH3 is 2. The monoisotopic (exact) mass is 429 g/mol. The molecule has 0 amide bonds. The van der Waals surface area contributed by atoms with Crippen molar-refractivity contribution in [1.29, 1.82) is 0 Å². The number of nitrogens with zero attached hydrogens (tertiary/aromatic N) is 3. The molecule has 0 spiro atoms. The first-order valence-corrected chi connectivity index (χ1v) is 10.2. The van der Waals surface area contributed by atoms with Crippen molar-refractivity contribution in [2.45, 2.75) is 18.2 Å². The Balaban J connectivity index is 1.61. The third-order valence-electron chi connectivity index (χ3n) is 4.27. The van der Waals surface area contributed by atoms with Crippen LogP contribution in [-0.2, 0) is 0 Å². The third kappa shape index (κ3) is 5.11. The number of ether oxygens (including phenoxy) is 3. The summed E-state index contributed by atoms with van der Waals surface area (Å²) in [5, 5.41) is 19.1. The van der Waals surface area contributed by atoms with Gasteiger partial charge in [0.15, 0.2) is 22.4 Å². The van der Waals surface area contributed by atoms with Crippen LogP contribution >= 0.6 is 11.8 Å². The van der Waals surface area contributed by atoms with Gasteiger partial charge in [0.2, 0.25) is 0 Å². The number of aliphatic hydroxyl groups is 1. The van der Waals surface area contributed by atoms with E-state index in [-0.39, 0.29) is 12.4 Å². The van der Waals surface area contributed by atoms with Crippen LogP contribution in [0.15, 0.2) is 53.9 Å². The predicted octanol–water partition coefficient (Wildman–Crippen LogP) is 3.02. The highest BCUT2D eigenvalue weighted by molar-refractivity contribution is 7.99. The van der Waals surface area contributed by atoms with Gasteiger partial charge in [-0.3, -0.25) is 9.36 Å². The largest absolute Gasteiger partial charge is 0.495 e. The molecule has 9 heteroatoms. The molecule has 0 aliphatic carbocycles. The molecular formula is C21H23N3O5S. The molecule has 2 aromatic carbocycles. The molecule has 0 aliphatic heterocycles. The summed E-state index contributed by atoms with van der Waals surface area (Å²) in [6.45, 7) is 1.55. The van der Waals surface area contributed by atoms with E-state index in [1.807, 2.05) is 24.3 Å². The fraction of sp³-hybridized carbons (Fsp3) is 0.286. The number of benzene rings is 2. The van der Waals surface area contributed by atoms with E-state index in [1.54, 1.807) is 36.2 Å². The number of hydrogen-bond acceptors (Lipinski definition) is 8. The molecular weight excluding hydrogens is 406 g/mol. The molecule has 0 radical (unpaired) electrons. The maximum atomic E-state index is 11.5. The van der Waals surface area contributed by atoms with Crippen LogP contribution < -0.4 is 14.2 Å². The zero-order valence-electron chi connectivity index (χ0n) is 16.9. The van der Waals surface area contributed by atoms with Gasteiger partial charge in [-0.2, -0.15) is 0 Å². The molecule has 8 nitrogen and oxygen atoms in total. The zero-order chi connectivity index (χ0) is 21.5. The maximum Gasteiger partial charge on any atom is 0.195 e. The van der Waals surface area contributed by atoms with E-state index < -0.39 is 6.10 Å². The van der Waals surface area contributed by atoms with Crippen LogP contribution in [0.1, 0.15) is 17.3 Å². The van der Waals surface area contributed by atoms with Crippen molar-refractivity contribution in [3.05, 3.63) is 54.4 Å². The van der Waals surface area contributed by atoms with Gasteiger partial charge in [-0.05, 0) is 37.3 Å². The van der Waals surface area contributed by atoms with Gasteiger partial charge in [0, 0.05) is 11.3 Å². The van der Waals surface area contributed by atoms with E-state index >= 15 is 0 Å². The van der Waals surface area contributed by atoms with Crippen LogP contribution in [0, 0.1) is 0 Å². The molecule has 30 heavy (non-hydrogen) atoms. The molecule has 1 aromatic heterocycles. The highest BCUT2D eigenvalue weighted by Gasteiger charge is 2.15. The number of carbonyl (C=O) groups excluding carboxylic acids is 1. The predicted molar refractivity (Wildman–Crippen MR) is 113 cm³/mol. The summed E-state index contributed by atoms with van der Waals surface area (Å²) in [5.74, 6) is 1.89. The SMILES string of the molecule is COc1cc(C(C)=O)ccc1OCC(O)CSc1nncn1-c1ccccc1OC. The van der Waals surface area contributed by atoms with Gasteiger partial charge in [-0.1, -0.05) is 23.9 Å². The number of aromatic nitrogens is 3. The van der Waals surface area contributed by atoms with Crippen LogP contribution in [-0.4, -0.2) is 58.3 Å². The Bertz CT molecular complexity index is 1010. The van der Waals surface area contributed by atoms with E-state index in [2.05, 4.69) is 10.2 Å². The van der Waals surface area contributed by atoms with Crippen LogP contribution in [0.5, 0.6) is 17.2 Å². The molecule has 0 saturated heterocycles. The lowest BCUT2D eigenvalue weighted by atomic mass is 10.1. The molecule has 3 aromatic rings. The molecule has 158 valence electrons. The zero-order valence-corrected chi connectivity index (χ0v) is 17.8. The number of thioether (sulfide) groups is 1. The van der Waals surface area contributed by atoms with Crippen LogP contribution in [0.3, 0.4) is 0 Å². The molecule has 1 heterocycles. The van der Waals surface area contributed by atoms with Crippen molar-refractivity contribution in [2.75, 3.05) is 26.6 Å². The minimum absolute atomic E-state index is 0.0598. The van der Waals surface area contributed by atoms with Gasteiger partial charge in [0.1, 0.15) is 18.7 Å². The average Bonchev–Trinajstić information content (AvgIpc) is 3.24. The van der Waals surface area contributed by atoms with Gasteiger partial charge in [0.05, 0.1) is 26.0 Å². The fourth-order valence-electron chi connectivity index (χ4n) is 2.73. The van der Waals surface area contributed by atoms with Gasteiger partial charge >= 0.3 is 0 Å². The third-order valence-corrected chi connectivity index (χ3v) is 5.36. The Morgan fingerprint density at radius 1 is 1.13 bits per heavy atom. The molecule has 0 fully saturated rings. The number of hydrogen-bond donors (Lipinski definition) is 1.